The lowest BCUT2D eigenvalue weighted by molar-refractivity contribution is 0.00405. The third-order valence-electron chi connectivity index (χ3n) is 3.85. The molecule has 0 aromatic heterocycles. The molecule has 0 bridgehead atoms. The van der Waals surface area contributed by atoms with Crippen molar-refractivity contribution in [2.24, 2.45) is 0 Å². The zero-order valence-corrected chi connectivity index (χ0v) is 10.1. The molecule has 90 valence electrons. The first-order chi connectivity index (χ1) is 8.65. The maximum atomic E-state index is 12.1. The molecule has 1 aliphatic carbocycles. The van der Waals surface area contributed by atoms with Crippen LogP contribution in [0.25, 0.3) is 0 Å². The molecule has 0 saturated heterocycles. The number of carbonyl (C=O) groups excluding carboxylic acids is 1. The molecule has 18 heavy (non-hydrogen) atoms. The van der Waals surface area contributed by atoms with Crippen LogP contribution < -0.4 is 0 Å². The fourth-order valence-corrected chi connectivity index (χ4v) is 2.69. The van der Waals surface area contributed by atoms with Crippen molar-refractivity contribution in [2.75, 3.05) is 0 Å². The van der Waals surface area contributed by atoms with Gasteiger partial charge in [0.25, 0.3) is 0 Å². The number of benzene rings is 2. The molecule has 0 fully saturated rings. The molecule has 1 unspecified atom stereocenters. The molecule has 0 radical (unpaired) electrons. The minimum atomic E-state index is -1.36. The molecule has 2 aromatic rings. The van der Waals surface area contributed by atoms with Crippen LogP contribution in [-0.4, -0.2) is 10.9 Å². The van der Waals surface area contributed by atoms with Crippen molar-refractivity contribution in [3.63, 3.8) is 0 Å². The van der Waals surface area contributed by atoms with Gasteiger partial charge in [-0.1, -0.05) is 61.5 Å². The van der Waals surface area contributed by atoms with E-state index in [9.17, 15) is 9.90 Å². The number of carbonyl (C=O) groups is 1. The van der Waals surface area contributed by atoms with Gasteiger partial charge in [-0.3, -0.25) is 4.79 Å². The molecule has 0 amide bonds. The van der Waals surface area contributed by atoms with Crippen LogP contribution >= 0.6 is 0 Å². The monoisotopic (exact) mass is 238 g/mol. The standard InChI is InChI=1S/C16H14O2/c1-11(12-7-3-2-4-8-12)16(18)14-10-6-5-9-13(14)15(16)17/h2-11,18H,1H3/t11?,16-/m1/s1. The Morgan fingerprint density at radius 1 is 1.00 bits per heavy atom. The third kappa shape index (κ3) is 1.30. The second-order valence-corrected chi connectivity index (χ2v) is 4.77. The molecule has 0 saturated carbocycles. The van der Waals surface area contributed by atoms with Crippen LogP contribution in [0.15, 0.2) is 54.6 Å². The minimum Gasteiger partial charge on any atom is -0.376 e. The highest BCUT2D eigenvalue weighted by Crippen LogP contribution is 2.47. The van der Waals surface area contributed by atoms with E-state index in [0.717, 1.165) is 11.1 Å². The summed E-state index contributed by atoms with van der Waals surface area (Å²) >= 11 is 0. The van der Waals surface area contributed by atoms with Crippen LogP contribution in [0.1, 0.15) is 34.3 Å². The summed E-state index contributed by atoms with van der Waals surface area (Å²) in [5, 5.41) is 10.7. The van der Waals surface area contributed by atoms with Gasteiger partial charge in [-0.05, 0) is 5.56 Å². The second kappa shape index (κ2) is 3.79. The van der Waals surface area contributed by atoms with Gasteiger partial charge < -0.3 is 5.11 Å². The molecule has 2 aromatic carbocycles. The summed E-state index contributed by atoms with van der Waals surface area (Å²) < 4.78 is 0. The zero-order valence-electron chi connectivity index (χ0n) is 10.1. The number of Topliss-reactive ketones (excluding diaryl/α,β-unsaturated/α-hetero) is 1. The smallest absolute Gasteiger partial charge is 0.199 e. The fourth-order valence-electron chi connectivity index (χ4n) is 2.69. The van der Waals surface area contributed by atoms with Gasteiger partial charge in [-0.2, -0.15) is 0 Å². The average Bonchev–Trinajstić information content (AvgIpc) is 2.46. The first-order valence-electron chi connectivity index (χ1n) is 6.07. The normalized spacial score (nSPS) is 23.1. The Hall–Kier alpha value is -1.93. The summed E-state index contributed by atoms with van der Waals surface area (Å²) in [5.74, 6) is -0.407. The van der Waals surface area contributed by atoms with Gasteiger partial charge in [0, 0.05) is 17.0 Å². The van der Waals surface area contributed by atoms with Gasteiger partial charge in [0.1, 0.15) is 0 Å². The highest BCUT2D eigenvalue weighted by Gasteiger charge is 2.53. The Morgan fingerprint density at radius 3 is 2.33 bits per heavy atom. The molecular formula is C16H14O2. The van der Waals surface area contributed by atoms with E-state index in [4.69, 9.17) is 0 Å². The fraction of sp³-hybridized carbons (Fsp3) is 0.188. The Morgan fingerprint density at radius 2 is 1.61 bits per heavy atom. The quantitative estimate of drug-likeness (QED) is 0.873. The molecule has 2 nitrogen and oxygen atoms in total. The van der Waals surface area contributed by atoms with Gasteiger partial charge in [-0.25, -0.2) is 0 Å². The van der Waals surface area contributed by atoms with E-state index in [0.29, 0.717) is 5.56 Å². The predicted octanol–water partition coefficient (Wildman–Crippen LogP) is 2.87. The van der Waals surface area contributed by atoms with E-state index >= 15 is 0 Å². The van der Waals surface area contributed by atoms with Gasteiger partial charge >= 0.3 is 0 Å². The van der Waals surface area contributed by atoms with Gasteiger partial charge in [0.15, 0.2) is 11.4 Å². The minimum absolute atomic E-state index is 0.172. The molecule has 2 heteroatoms. The maximum absolute atomic E-state index is 12.1. The number of fused-ring (bicyclic) bond motifs is 1. The molecule has 0 aliphatic heterocycles. The average molecular weight is 238 g/mol. The van der Waals surface area contributed by atoms with Crippen LogP contribution in [0.2, 0.25) is 0 Å². The summed E-state index contributed by atoms with van der Waals surface area (Å²) in [4.78, 5) is 12.1. The second-order valence-electron chi connectivity index (χ2n) is 4.77. The van der Waals surface area contributed by atoms with Crippen LogP contribution in [-0.2, 0) is 5.60 Å². The highest BCUT2D eigenvalue weighted by molar-refractivity contribution is 6.13. The molecule has 3 rings (SSSR count). The first-order valence-corrected chi connectivity index (χ1v) is 6.07. The number of rotatable bonds is 2. The van der Waals surface area contributed by atoms with E-state index in [1.165, 1.54) is 0 Å². The van der Waals surface area contributed by atoms with E-state index < -0.39 is 5.60 Å². The van der Waals surface area contributed by atoms with Crippen molar-refractivity contribution in [2.45, 2.75) is 18.4 Å². The number of ketones is 1. The largest absolute Gasteiger partial charge is 0.376 e. The van der Waals surface area contributed by atoms with Crippen LogP contribution in [0.5, 0.6) is 0 Å². The lowest BCUT2D eigenvalue weighted by Crippen LogP contribution is -2.49. The topological polar surface area (TPSA) is 37.3 Å². The Kier molecular flexibility index (Phi) is 2.35. The molecule has 2 atom stereocenters. The van der Waals surface area contributed by atoms with E-state index in [1.54, 1.807) is 6.07 Å². The highest BCUT2D eigenvalue weighted by atomic mass is 16.3. The van der Waals surface area contributed by atoms with Crippen molar-refractivity contribution < 1.29 is 9.90 Å². The third-order valence-corrected chi connectivity index (χ3v) is 3.85. The first kappa shape index (κ1) is 11.2. The van der Waals surface area contributed by atoms with Crippen molar-refractivity contribution in [1.82, 2.24) is 0 Å². The summed E-state index contributed by atoms with van der Waals surface area (Å²) in [6.45, 7) is 1.89. The number of hydrogen-bond acceptors (Lipinski definition) is 2. The molecule has 0 heterocycles. The SMILES string of the molecule is CC(c1ccccc1)[C@]1(O)C(=O)c2ccccc21. The number of aliphatic hydroxyl groups is 1. The zero-order chi connectivity index (χ0) is 12.8. The maximum Gasteiger partial charge on any atom is 0.199 e. The number of hydrogen-bond donors (Lipinski definition) is 1. The summed E-state index contributed by atoms with van der Waals surface area (Å²) in [5.41, 5.74) is 0.995. The lowest BCUT2D eigenvalue weighted by Gasteiger charge is -2.42. The van der Waals surface area contributed by atoms with E-state index in [1.807, 2.05) is 55.5 Å². The predicted molar refractivity (Wildman–Crippen MR) is 69.5 cm³/mol. The molecule has 0 spiro atoms. The Labute approximate surface area is 106 Å². The summed E-state index contributed by atoms with van der Waals surface area (Å²) in [6, 6.07) is 16.9. The summed E-state index contributed by atoms with van der Waals surface area (Å²) in [7, 11) is 0. The molecule has 1 N–H and O–H groups in total. The molecular weight excluding hydrogens is 224 g/mol. The van der Waals surface area contributed by atoms with Gasteiger partial charge in [0.2, 0.25) is 0 Å². The van der Waals surface area contributed by atoms with Crippen molar-refractivity contribution in [3.05, 3.63) is 71.3 Å². The van der Waals surface area contributed by atoms with Gasteiger partial charge in [-0.15, -0.1) is 0 Å². The lowest BCUT2D eigenvalue weighted by atomic mass is 9.64. The Bertz CT molecular complexity index is 604. The summed E-state index contributed by atoms with van der Waals surface area (Å²) in [6.07, 6.45) is 0. The molecule has 1 aliphatic rings. The van der Waals surface area contributed by atoms with Crippen molar-refractivity contribution in [1.29, 1.82) is 0 Å². The van der Waals surface area contributed by atoms with Crippen molar-refractivity contribution in [3.8, 4) is 0 Å². The van der Waals surface area contributed by atoms with Crippen molar-refractivity contribution >= 4 is 5.78 Å². The van der Waals surface area contributed by atoms with Crippen LogP contribution in [0, 0.1) is 0 Å². The van der Waals surface area contributed by atoms with Crippen LogP contribution in [0.3, 0.4) is 0 Å². The Balaban J connectivity index is 2.06. The van der Waals surface area contributed by atoms with E-state index in [2.05, 4.69) is 0 Å². The van der Waals surface area contributed by atoms with Gasteiger partial charge in [0.05, 0.1) is 0 Å². The van der Waals surface area contributed by atoms with E-state index in [-0.39, 0.29) is 11.7 Å². The van der Waals surface area contributed by atoms with Crippen LogP contribution in [0.4, 0.5) is 0 Å².